The maximum atomic E-state index is 13.2. The fourth-order valence-corrected chi connectivity index (χ4v) is 2.14. The summed E-state index contributed by atoms with van der Waals surface area (Å²) in [5, 5.41) is 2.46. The molecule has 0 unspecified atom stereocenters. The molecule has 2 aromatic carbocycles. The van der Waals surface area contributed by atoms with Gasteiger partial charge in [0.1, 0.15) is 6.04 Å². The third-order valence-electron chi connectivity index (χ3n) is 3.45. The van der Waals surface area contributed by atoms with Crippen LogP contribution in [0.4, 0.5) is 8.78 Å². The van der Waals surface area contributed by atoms with Gasteiger partial charge < -0.3 is 10.1 Å². The minimum Gasteiger partial charge on any atom is -0.467 e. The van der Waals surface area contributed by atoms with E-state index >= 15 is 0 Å². The Hall–Kier alpha value is -3.02. The number of carbonyl (C=O) groups is 2. The topological polar surface area (TPSA) is 55.4 Å². The Morgan fingerprint density at radius 3 is 2.48 bits per heavy atom. The Morgan fingerprint density at radius 1 is 1.12 bits per heavy atom. The van der Waals surface area contributed by atoms with Crippen molar-refractivity contribution in [2.24, 2.45) is 0 Å². The number of amides is 1. The van der Waals surface area contributed by atoms with Crippen molar-refractivity contribution in [1.29, 1.82) is 0 Å². The minimum absolute atomic E-state index is 0.0835. The van der Waals surface area contributed by atoms with Gasteiger partial charge in [-0.2, -0.15) is 0 Å². The number of carbonyl (C=O) groups excluding carboxylic acids is 2. The first kappa shape index (κ1) is 18.3. The van der Waals surface area contributed by atoms with Crippen LogP contribution in [-0.4, -0.2) is 25.0 Å². The molecule has 0 aliphatic carbocycles. The minimum atomic E-state index is -1.13. The highest BCUT2D eigenvalue weighted by atomic mass is 19.2. The molecule has 2 rings (SSSR count). The first-order chi connectivity index (χ1) is 12.0. The van der Waals surface area contributed by atoms with E-state index in [2.05, 4.69) is 10.1 Å². The fraction of sp³-hybridized carbons (Fsp3) is 0.158. The number of halogens is 2. The van der Waals surface area contributed by atoms with E-state index in [4.69, 9.17) is 0 Å². The Labute approximate surface area is 144 Å². The average Bonchev–Trinajstić information content (AvgIpc) is 2.63. The molecule has 1 amide bonds. The van der Waals surface area contributed by atoms with Gasteiger partial charge in [-0.3, -0.25) is 4.79 Å². The lowest BCUT2D eigenvalue weighted by molar-refractivity contribution is -0.142. The van der Waals surface area contributed by atoms with Crippen molar-refractivity contribution in [3.63, 3.8) is 0 Å². The van der Waals surface area contributed by atoms with Crippen LogP contribution in [0.15, 0.2) is 54.6 Å². The highest BCUT2D eigenvalue weighted by Crippen LogP contribution is 2.10. The standard InChI is InChI=1S/C19H17F2NO3/c1-25-19(24)17(9-5-8-13-6-3-2-4-7-13)22-18(23)14-10-11-15(20)16(21)12-14/h2-8,10-12,17H,9H2,1H3,(H,22,23)/b8-5+/t17-/m0/s1. The predicted octanol–water partition coefficient (Wildman–Crippen LogP) is 3.34. The molecule has 0 aliphatic heterocycles. The second-order valence-corrected chi connectivity index (χ2v) is 5.23. The van der Waals surface area contributed by atoms with Gasteiger partial charge in [0.15, 0.2) is 11.6 Å². The van der Waals surface area contributed by atoms with Crippen molar-refractivity contribution in [2.75, 3.05) is 7.11 Å². The summed E-state index contributed by atoms with van der Waals surface area (Å²) in [6.45, 7) is 0. The zero-order chi connectivity index (χ0) is 18.2. The summed E-state index contributed by atoms with van der Waals surface area (Å²) in [7, 11) is 1.21. The third-order valence-corrected chi connectivity index (χ3v) is 3.45. The quantitative estimate of drug-likeness (QED) is 0.817. The molecule has 0 spiro atoms. The van der Waals surface area contributed by atoms with E-state index in [0.717, 1.165) is 23.8 Å². The summed E-state index contributed by atoms with van der Waals surface area (Å²) in [5.41, 5.74) is 0.859. The highest BCUT2D eigenvalue weighted by Gasteiger charge is 2.21. The van der Waals surface area contributed by atoms with E-state index < -0.39 is 29.6 Å². The molecule has 0 aromatic heterocycles. The number of ether oxygens (including phenoxy) is 1. The summed E-state index contributed by atoms with van der Waals surface area (Å²) in [5.74, 6) is -3.51. The zero-order valence-corrected chi connectivity index (χ0v) is 13.5. The van der Waals surface area contributed by atoms with Crippen LogP contribution in [-0.2, 0) is 9.53 Å². The average molecular weight is 345 g/mol. The summed E-state index contributed by atoms with van der Waals surface area (Å²) in [4.78, 5) is 24.0. The first-order valence-electron chi connectivity index (χ1n) is 7.56. The van der Waals surface area contributed by atoms with Crippen LogP contribution in [0.1, 0.15) is 22.3 Å². The Morgan fingerprint density at radius 2 is 1.84 bits per heavy atom. The Kier molecular flexibility index (Phi) is 6.39. The molecule has 6 heteroatoms. The van der Waals surface area contributed by atoms with Gasteiger partial charge in [-0.15, -0.1) is 0 Å². The fourth-order valence-electron chi connectivity index (χ4n) is 2.14. The van der Waals surface area contributed by atoms with Gasteiger partial charge in [0, 0.05) is 5.56 Å². The normalized spacial score (nSPS) is 12.0. The lowest BCUT2D eigenvalue weighted by Crippen LogP contribution is -2.41. The molecule has 25 heavy (non-hydrogen) atoms. The van der Waals surface area contributed by atoms with Gasteiger partial charge in [-0.05, 0) is 30.2 Å². The molecule has 1 N–H and O–H groups in total. The number of nitrogens with one attached hydrogen (secondary N) is 1. The van der Waals surface area contributed by atoms with Crippen molar-refractivity contribution in [3.05, 3.63) is 77.4 Å². The number of methoxy groups -OCH3 is 1. The molecule has 0 saturated carbocycles. The van der Waals surface area contributed by atoms with E-state index in [-0.39, 0.29) is 12.0 Å². The molecule has 0 aliphatic rings. The molecule has 0 heterocycles. The molecule has 2 aromatic rings. The smallest absolute Gasteiger partial charge is 0.328 e. The number of rotatable bonds is 6. The van der Waals surface area contributed by atoms with E-state index in [1.807, 2.05) is 30.3 Å². The summed E-state index contributed by atoms with van der Waals surface area (Å²) < 4.78 is 30.9. The monoisotopic (exact) mass is 345 g/mol. The molecule has 1 atom stereocenters. The molecule has 0 fully saturated rings. The predicted molar refractivity (Wildman–Crippen MR) is 89.7 cm³/mol. The van der Waals surface area contributed by atoms with Gasteiger partial charge in [-0.1, -0.05) is 42.5 Å². The van der Waals surface area contributed by atoms with Crippen LogP contribution in [0.2, 0.25) is 0 Å². The summed E-state index contributed by atoms with van der Waals surface area (Å²) >= 11 is 0. The maximum Gasteiger partial charge on any atom is 0.328 e. The molecule has 4 nitrogen and oxygen atoms in total. The lowest BCUT2D eigenvalue weighted by atomic mass is 10.1. The molecular weight excluding hydrogens is 328 g/mol. The lowest BCUT2D eigenvalue weighted by Gasteiger charge is -2.15. The molecule has 0 bridgehead atoms. The van der Waals surface area contributed by atoms with Crippen LogP contribution in [0.25, 0.3) is 6.08 Å². The second-order valence-electron chi connectivity index (χ2n) is 5.23. The molecule has 0 radical (unpaired) electrons. The van der Waals surface area contributed by atoms with Gasteiger partial charge in [0.05, 0.1) is 7.11 Å². The Balaban J connectivity index is 2.06. The highest BCUT2D eigenvalue weighted by molar-refractivity contribution is 5.96. The van der Waals surface area contributed by atoms with Gasteiger partial charge in [0.2, 0.25) is 0 Å². The maximum absolute atomic E-state index is 13.2. The summed E-state index contributed by atoms with van der Waals surface area (Å²) in [6.07, 6.45) is 3.72. The number of esters is 1. The van der Waals surface area contributed by atoms with Crippen LogP contribution in [0.5, 0.6) is 0 Å². The van der Waals surface area contributed by atoms with E-state index in [1.54, 1.807) is 12.2 Å². The molecule has 130 valence electrons. The van der Waals surface area contributed by atoms with Gasteiger partial charge >= 0.3 is 5.97 Å². The van der Waals surface area contributed by atoms with Crippen LogP contribution in [0.3, 0.4) is 0 Å². The van der Waals surface area contributed by atoms with Gasteiger partial charge in [0.25, 0.3) is 5.91 Å². The number of benzene rings is 2. The van der Waals surface area contributed by atoms with Crippen LogP contribution >= 0.6 is 0 Å². The zero-order valence-electron chi connectivity index (χ0n) is 13.5. The second kappa shape index (κ2) is 8.73. The molecular formula is C19H17F2NO3. The van der Waals surface area contributed by atoms with Crippen molar-refractivity contribution in [3.8, 4) is 0 Å². The first-order valence-corrected chi connectivity index (χ1v) is 7.56. The van der Waals surface area contributed by atoms with Crippen molar-refractivity contribution in [2.45, 2.75) is 12.5 Å². The summed E-state index contributed by atoms with van der Waals surface area (Å²) in [6, 6.07) is 11.3. The van der Waals surface area contributed by atoms with Crippen LogP contribution in [0, 0.1) is 11.6 Å². The number of hydrogen-bond acceptors (Lipinski definition) is 3. The van der Waals surface area contributed by atoms with Crippen molar-refractivity contribution in [1.82, 2.24) is 5.32 Å². The number of hydrogen-bond donors (Lipinski definition) is 1. The van der Waals surface area contributed by atoms with E-state index in [1.165, 1.54) is 7.11 Å². The van der Waals surface area contributed by atoms with Crippen molar-refractivity contribution < 1.29 is 23.1 Å². The van der Waals surface area contributed by atoms with E-state index in [9.17, 15) is 18.4 Å². The molecule has 0 saturated heterocycles. The SMILES string of the molecule is COC(=O)[C@H](C/C=C/c1ccccc1)NC(=O)c1ccc(F)c(F)c1. The largest absolute Gasteiger partial charge is 0.467 e. The van der Waals surface area contributed by atoms with Gasteiger partial charge in [-0.25, -0.2) is 13.6 Å². The van der Waals surface area contributed by atoms with E-state index in [0.29, 0.717) is 0 Å². The van der Waals surface area contributed by atoms with Crippen LogP contribution < -0.4 is 5.32 Å². The van der Waals surface area contributed by atoms with Crippen molar-refractivity contribution >= 4 is 18.0 Å². The third kappa shape index (κ3) is 5.24. The Bertz CT molecular complexity index is 775.